The average molecular weight is 628 g/mol. The van der Waals surface area contributed by atoms with Crippen molar-refractivity contribution in [3.63, 3.8) is 0 Å². The van der Waals surface area contributed by atoms with Crippen molar-refractivity contribution in [2.75, 3.05) is 11.4 Å². The first-order chi connectivity index (χ1) is 21.0. The van der Waals surface area contributed by atoms with Crippen LogP contribution < -0.4 is 9.64 Å². The van der Waals surface area contributed by atoms with Crippen molar-refractivity contribution in [3.8, 4) is 17.0 Å². The van der Waals surface area contributed by atoms with Crippen LogP contribution in [0.3, 0.4) is 0 Å². The molecule has 7 nitrogen and oxygen atoms in total. The number of halogens is 3. The van der Waals surface area contributed by atoms with Gasteiger partial charge in [-0.2, -0.15) is 0 Å². The summed E-state index contributed by atoms with van der Waals surface area (Å²) in [6.07, 6.45) is 2.17. The fourth-order valence-electron chi connectivity index (χ4n) is 6.79. The van der Waals surface area contributed by atoms with E-state index in [2.05, 4.69) is 14.8 Å². The molecule has 0 amide bonds. The molecule has 0 spiro atoms. The maximum Gasteiger partial charge on any atom is 0.573 e. The van der Waals surface area contributed by atoms with E-state index in [1.165, 1.54) is 12.1 Å². The third-order valence-electron chi connectivity index (χ3n) is 9.12. The summed E-state index contributed by atoms with van der Waals surface area (Å²) >= 11 is 1.67. The molecule has 11 heteroatoms. The minimum atomic E-state index is -4.82. The van der Waals surface area contributed by atoms with Crippen LogP contribution in [-0.4, -0.2) is 40.3 Å². The van der Waals surface area contributed by atoms with E-state index in [1.54, 1.807) is 37.3 Å². The zero-order valence-corrected chi connectivity index (χ0v) is 25.6. The van der Waals surface area contributed by atoms with E-state index in [9.17, 15) is 18.3 Å². The van der Waals surface area contributed by atoms with Gasteiger partial charge in [0.05, 0.1) is 28.5 Å². The van der Waals surface area contributed by atoms with Crippen molar-refractivity contribution in [1.82, 2.24) is 10.1 Å². The predicted octanol–water partition coefficient (Wildman–Crippen LogP) is 8.31. The number of rotatable bonds is 8. The highest BCUT2D eigenvalue weighted by molar-refractivity contribution is 7.22. The lowest BCUT2D eigenvalue weighted by molar-refractivity contribution is -0.274. The first-order valence-electron chi connectivity index (χ1n) is 15.4. The van der Waals surface area contributed by atoms with Crippen LogP contribution in [-0.2, 0) is 16.9 Å². The second-order valence-electron chi connectivity index (χ2n) is 12.9. The first kappa shape index (κ1) is 29.6. The van der Waals surface area contributed by atoms with Crippen LogP contribution >= 0.6 is 11.3 Å². The molecule has 2 aromatic carbocycles. The molecule has 234 valence electrons. The molecule has 0 radical (unpaired) electrons. The van der Waals surface area contributed by atoms with Gasteiger partial charge in [0.1, 0.15) is 17.2 Å². The third kappa shape index (κ3) is 6.19. The molecule has 1 N–H and O–H groups in total. The average Bonchev–Trinajstić information content (AvgIpc) is 3.61. The number of anilines is 1. The summed E-state index contributed by atoms with van der Waals surface area (Å²) in [6.45, 7) is 4.73. The smallest absolute Gasteiger partial charge is 0.405 e. The Morgan fingerprint density at radius 2 is 1.89 bits per heavy atom. The second kappa shape index (κ2) is 11.3. The van der Waals surface area contributed by atoms with Crippen molar-refractivity contribution in [2.45, 2.75) is 95.4 Å². The van der Waals surface area contributed by atoms with Crippen molar-refractivity contribution < 1.29 is 32.3 Å². The van der Waals surface area contributed by atoms with Crippen LogP contribution in [0.15, 0.2) is 47.0 Å². The number of aliphatic hydroxyl groups is 1. The summed E-state index contributed by atoms with van der Waals surface area (Å²) in [7, 11) is 0. The van der Waals surface area contributed by atoms with Gasteiger partial charge in [0.25, 0.3) is 0 Å². The van der Waals surface area contributed by atoms with Gasteiger partial charge in [-0.05, 0) is 94.5 Å². The molecule has 2 bridgehead atoms. The van der Waals surface area contributed by atoms with Crippen molar-refractivity contribution in [3.05, 3.63) is 59.4 Å². The molecule has 3 aliphatic rings. The number of alkyl halides is 3. The minimum absolute atomic E-state index is 0.00742. The second-order valence-corrected chi connectivity index (χ2v) is 13.9. The fraction of sp³-hybridized carbons (Fsp3) is 0.515. The highest BCUT2D eigenvalue weighted by atomic mass is 32.1. The van der Waals surface area contributed by atoms with E-state index in [0.29, 0.717) is 22.9 Å². The standard InChI is InChI=1S/C33H36F3N3O4S/c1-32(2,40)21-11-12-26-28(16-21)44-31(37-26)39-13-5-6-19-14-22(39)17-23(15-19)41-18-25-29(38-43-30(25)20-9-10-20)24-7-3-4-8-27(24)42-33(34,35)36/h3-4,7-8,11-12,16,19-20,22-23,40H,5-6,9-10,13-15,17-18H2,1-2H3/t19-,22?,23?/m1/s1. The van der Waals surface area contributed by atoms with Gasteiger partial charge in [-0.25, -0.2) is 4.98 Å². The van der Waals surface area contributed by atoms with Gasteiger partial charge >= 0.3 is 6.36 Å². The highest BCUT2D eigenvalue weighted by Gasteiger charge is 2.39. The Labute approximate surface area is 258 Å². The molecular formula is C33H36F3N3O4S. The molecule has 1 aliphatic heterocycles. The molecule has 2 aromatic heterocycles. The van der Waals surface area contributed by atoms with E-state index < -0.39 is 12.0 Å². The van der Waals surface area contributed by atoms with E-state index in [4.69, 9.17) is 14.2 Å². The van der Waals surface area contributed by atoms with Gasteiger partial charge in [-0.15, -0.1) is 13.2 Å². The summed E-state index contributed by atoms with van der Waals surface area (Å²) in [5, 5.41) is 15.7. The van der Waals surface area contributed by atoms with E-state index >= 15 is 0 Å². The van der Waals surface area contributed by atoms with Crippen molar-refractivity contribution in [1.29, 1.82) is 0 Å². The molecule has 3 fully saturated rings. The largest absolute Gasteiger partial charge is 0.573 e. The van der Waals surface area contributed by atoms with Crippen molar-refractivity contribution >= 4 is 26.7 Å². The van der Waals surface area contributed by atoms with Gasteiger partial charge in [0.2, 0.25) is 0 Å². The number of benzene rings is 2. The molecule has 44 heavy (non-hydrogen) atoms. The van der Waals surface area contributed by atoms with Crippen LogP contribution in [0.25, 0.3) is 21.5 Å². The van der Waals surface area contributed by atoms with E-state index in [-0.39, 0.29) is 36.0 Å². The van der Waals surface area contributed by atoms with E-state index in [0.717, 1.165) is 72.4 Å². The fourth-order valence-corrected chi connectivity index (χ4v) is 7.89. The van der Waals surface area contributed by atoms with Gasteiger partial charge in [0.15, 0.2) is 5.13 Å². The summed E-state index contributed by atoms with van der Waals surface area (Å²) in [6, 6.07) is 12.3. The van der Waals surface area contributed by atoms with Gasteiger partial charge in [-0.1, -0.05) is 34.7 Å². The SMILES string of the molecule is CC(C)(O)c1ccc2nc(N3CCC[C@H]4CC(OCc5c(-c6ccccc6OC(F)(F)F)noc5C5CC5)CC3C4)sc2c1. The number of hydrogen-bond acceptors (Lipinski definition) is 8. The number of ether oxygens (including phenoxy) is 2. The quantitative estimate of drug-likeness (QED) is 0.210. The Balaban J connectivity index is 1.12. The topological polar surface area (TPSA) is 80.9 Å². The number of aromatic nitrogens is 2. The normalized spacial score (nSPS) is 22.8. The zero-order valence-electron chi connectivity index (χ0n) is 24.8. The van der Waals surface area contributed by atoms with Gasteiger partial charge in [0, 0.05) is 29.6 Å². The van der Waals surface area contributed by atoms with Crippen LogP contribution in [0, 0.1) is 5.92 Å². The molecule has 2 saturated carbocycles. The van der Waals surface area contributed by atoms with Crippen molar-refractivity contribution in [2.24, 2.45) is 5.92 Å². The Morgan fingerprint density at radius 3 is 2.66 bits per heavy atom. The van der Waals surface area contributed by atoms with Gasteiger partial charge < -0.3 is 24.0 Å². The number of fused-ring (bicyclic) bond motifs is 3. The van der Waals surface area contributed by atoms with Crippen LogP contribution in [0.1, 0.15) is 81.6 Å². The molecule has 2 aliphatic carbocycles. The summed E-state index contributed by atoms with van der Waals surface area (Å²) < 4.78 is 57.3. The third-order valence-corrected chi connectivity index (χ3v) is 10.2. The van der Waals surface area contributed by atoms with Crippen LogP contribution in [0.4, 0.5) is 18.3 Å². The first-order valence-corrected chi connectivity index (χ1v) is 16.2. The number of nitrogens with zero attached hydrogens (tertiary/aromatic N) is 3. The Kier molecular flexibility index (Phi) is 7.61. The molecule has 3 atom stereocenters. The lowest BCUT2D eigenvalue weighted by Gasteiger charge is -2.38. The molecule has 3 heterocycles. The monoisotopic (exact) mass is 627 g/mol. The Morgan fingerprint density at radius 1 is 1.07 bits per heavy atom. The maximum absolute atomic E-state index is 13.2. The summed E-state index contributed by atoms with van der Waals surface area (Å²) in [4.78, 5) is 7.43. The molecule has 4 aromatic rings. The summed E-state index contributed by atoms with van der Waals surface area (Å²) in [5.41, 5.74) is 2.19. The number of thiazole rings is 1. The Bertz CT molecular complexity index is 1640. The zero-order chi connectivity index (χ0) is 30.6. The Hall–Kier alpha value is -3.15. The predicted molar refractivity (Wildman–Crippen MR) is 162 cm³/mol. The number of hydrogen-bond donors (Lipinski definition) is 1. The van der Waals surface area contributed by atoms with Crippen LogP contribution in [0.5, 0.6) is 5.75 Å². The highest BCUT2D eigenvalue weighted by Crippen LogP contribution is 2.46. The summed E-state index contributed by atoms with van der Waals surface area (Å²) in [5.74, 6) is 1.15. The lowest BCUT2D eigenvalue weighted by atomic mass is 9.82. The van der Waals surface area contributed by atoms with E-state index in [1.807, 2.05) is 18.2 Å². The lowest BCUT2D eigenvalue weighted by Crippen LogP contribution is -2.41. The molecular weight excluding hydrogens is 591 g/mol. The molecule has 7 rings (SSSR count). The van der Waals surface area contributed by atoms with Crippen LogP contribution in [0.2, 0.25) is 0 Å². The minimum Gasteiger partial charge on any atom is -0.405 e. The molecule has 2 unspecified atom stereocenters. The maximum atomic E-state index is 13.2. The number of para-hydroxylation sites is 1. The van der Waals surface area contributed by atoms with Gasteiger partial charge in [-0.3, -0.25) is 0 Å². The molecule has 1 saturated heterocycles.